The van der Waals surface area contributed by atoms with E-state index in [4.69, 9.17) is 10.2 Å². The summed E-state index contributed by atoms with van der Waals surface area (Å²) < 4.78 is 5.07. The average Bonchev–Trinajstić information content (AvgIpc) is 3.16. The van der Waals surface area contributed by atoms with E-state index >= 15 is 0 Å². The molecule has 1 aromatic carbocycles. The van der Waals surface area contributed by atoms with Crippen LogP contribution in [0.5, 0.6) is 0 Å². The summed E-state index contributed by atoms with van der Waals surface area (Å²) in [5.41, 5.74) is 7.88. The van der Waals surface area contributed by atoms with Crippen molar-refractivity contribution in [3.63, 3.8) is 0 Å². The van der Waals surface area contributed by atoms with Gasteiger partial charge in [-0.2, -0.15) is 0 Å². The maximum atomic E-state index is 11.9. The monoisotopic (exact) mass is 340 g/mol. The third-order valence-electron chi connectivity index (χ3n) is 4.36. The highest BCUT2D eigenvalue weighted by Gasteiger charge is 2.17. The highest BCUT2D eigenvalue weighted by molar-refractivity contribution is 6.02. The summed E-state index contributed by atoms with van der Waals surface area (Å²) in [6.45, 7) is 4.74. The molecule has 0 bridgehead atoms. The summed E-state index contributed by atoms with van der Waals surface area (Å²) in [7, 11) is 0. The first kappa shape index (κ1) is 17.1. The molecule has 1 aliphatic rings. The molecule has 6 heteroatoms. The predicted molar refractivity (Wildman–Crippen MR) is 98.4 cm³/mol. The minimum absolute atomic E-state index is 0.265. The molecule has 3 N–H and O–H groups in total. The zero-order valence-corrected chi connectivity index (χ0v) is 14.4. The zero-order valence-electron chi connectivity index (χ0n) is 14.4. The minimum atomic E-state index is -0.265. The number of benzene rings is 1. The molecule has 132 valence electrons. The van der Waals surface area contributed by atoms with Crippen LogP contribution in [-0.2, 0) is 6.54 Å². The molecule has 1 aromatic heterocycles. The first-order valence-corrected chi connectivity index (χ1v) is 8.60. The normalized spacial score (nSPS) is 18.2. The number of hydrogen-bond donors (Lipinski definition) is 2. The van der Waals surface area contributed by atoms with E-state index in [1.54, 1.807) is 12.1 Å². The number of nitrogens with two attached hydrogens (primary N) is 1. The van der Waals surface area contributed by atoms with Gasteiger partial charge in [0.1, 0.15) is 0 Å². The Bertz CT molecular complexity index is 722. The molecule has 1 fully saturated rings. The molecular formula is C19H24N4O2. The zero-order chi connectivity index (χ0) is 17.6. The van der Waals surface area contributed by atoms with Crippen LogP contribution in [0.15, 0.2) is 52.1 Å². The van der Waals surface area contributed by atoms with Gasteiger partial charge >= 0.3 is 0 Å². The van der Waals surface area contributed by atoms with E-state index in [9.17, 15) is 4.79 Å². The second-order valence-corrected chi connectivity index (χ2v) is 6.50. The summed E-state index contributed by atoms with van der Waals surface area (Å²) >= 11 is 0. The summed E-state index contributed by atoms with van der Waals surface area (Å²) in [4.78, 5) is 18.6. The number of guanidine groups is 1. The molecule has 0 saturated carbocycles. The molecule has 1 aliphatic heterocycles. The first-order chi connectivity index (χ1) is 12.1. The van der Waals surface area contributed by atoms with E-state index in [2.05, 4.69) is 22.1 Å². The Morgan fingerprint density at radius 1 is 1.36 bits per heavy atom. The number of nitrogens with zero attached hydrogens (tertiary/aromatic N) is 2. The number of furan rings is 1. The van der Waals surface area contributed by atoms with Crippen molar-refractivity contribution in [2.24, 2.45) is 16.6 Å². The minimum Gasteiger partial charge on any atom is -0.459 e. The van der Waals surface area contributed by atoms with Gasteiger partial charge in [-0.05, 0) is 48.6 Å². The number of hydrogen-bond acceptors (Lipinski definition) is 3. The van der Waals surface area contributed by atoms with E-state index in [0.29, 0.717) is 24.1 Å². The van der Waals surface area contributed by atoms with Crippen molar-refractivity contribution in [1.29, 1.82) is 0 Å². The van der Waals surface area contributed by atoms with Gasteiger partial charge in [-0.3, -0.25) is 4.79 Å². The van der Waals surface area contributed by atoms with Crippen molar-refractivity contribution < 1.29 is 9.21 Å². The molecular weight excluding hydrogens is 316 g/mol. The lowest BCUT2D eigenvalue weighted by Gasteiger charge is -2.31. The standard InChI is InChI=1S/C19H24N4O2/c1-14-4-2-10-23(13-14)19(20)21-12-15-6-8-16(9-7-15)22-18(24)17-5-3-11-25-17/h3,5-9,11,14H,2,4,10,12-13H2,1H3,(H2,20,21)(H,22,24). The number of anilines is 1. The molecule has 6 nitrogen and oxygen atoms in total. The van der Waals surface area contributed by atoms with Crippen LogP contribution < -0.4 is 11.1 Å². The summed E-state index contributed by atoms with van der Waals surface area (Å²) in [6.07, 6.45) is 3.90. The van der Waals surface area contributed by atoms with E-state index in [0.717, 1.165) is 18.7 Å². The van der Waals surface area contributed by atoms with Gasteiger partial charge in [0.05, 0.1) is 12.8 Å². The largest absolute Gasteiger partial charge is 0.459 e. The average molecular weight is 340 g/mol. The third-order valence-corrected chi connectivity index (χ3v) is 4.36. The van der Waals surface area contributed by atoms with E-state index in [1.807, 2.05) is 24.3 Å². The number of amides is 1. The van der Waals surface area contributed by atoms with Crippen LogP contribution in [0.3, 0.4) is 0 Å². The highest BCUT2D eigenvalue weighted by Crippen LogP contribution is 2.16. The Balaban J connectivity index is 1.55. The van der Waals surface area contributed by atoms with Crippen molar-refractivity contribution in [3.05, 3.63) is 54.0 Å². The van der Waals surface area contributed by atoms with Crippen molar-refractivity contribution in [1.82, 2.24) is 4.90 Å². The molecule has 3 rings (SSSR count). The van der Waals surface area contributed by atoms with Crippen LogP contribution in [0.25, 0.3) is 0 Å². The number of nitrogens with one attached hydrogen (secondary N) is 1. The lowest BCUT2D eigenvalue weighted by Crippen LogP contribution is -2.43. The summed E-state index contributed by atoms with van der Waals surface area (Å²) in [6, 6.07) is 10.9. The van der Waals surface area contributed by atoms with E-state index in [-0.39, 0.29) is 11.7 Å². The third kappa shape index (κ3) is 4.62. The number of carbonyl (C=O) groups is 1. The molecule has 1 saturated heterocycles. The Hall–Kier alpha value is -2.76. The van der Waals surface area contributed by atoms with Gasteiger partial charge in [-0.15, -0.1) is 0 Å². The highest BCUT2D eigenvalue weighted by atomic mass is 16.3. The first-order valence-electron chi connectivity index (χ1n) is 8.60. The molecule has 1 unspecified atom stereocenters. The van der Waals surface area contributed by atoms with Crippen LogP contribution in [0.4, 0.5) is 5.69 Å². The predicted octanol–water partition coefficient (Wildman–Crippen LogP) is 3.08. The van der Waals surface area contributed by atoms with Crippen LogP contribution in [0.2, 0.25) is 0 Å². The molecule has 0 aliphatic carbocycles. The topological polar surface area (TPSA) is 83.9 Å². The van der Waals surface area contributed by atoms with E-state index in [1.165, 1.54) is 19.1 Å². The maximum Gasteiger partial charge on any atom is 0.291 e. The van der Waals surface area contributed by atoms with Crippen LogP contribution in [0, 0.1) is 5.92 Å². The van der Waals surface area contributed by atoms with Crippen molar-refractivity contribution in [3.8, 4) is 0 Å². The van der Waals surface area contributed by atoms with Crippen LogP contribution >= 0.6 is 0 Å². The SMILES string of the molecule is CC1CCCN(C(N)=NCc2ccc(NC(=O)c3ccco3)cc2)C1. The maximum absolute atomic E-state index is 11.9. The van der Waals surface area contributed by atoms with Gasteiger partial charge < -0.3 is 20.4 Å². The van der Waals surface area contributed by atoms with Crippen LogP contribution in [-0.4, -0.2) is 29.9 Å². The number of aliphatic imine (C=N–C) groups is 1. The second-order valence-electron chi connectivity index (χ2n) is 6.50. The fourth-order valence-electron chi connectivity index (χ4n) is 2.96. The molecule has 0 spiro atoms. The fraction of sp³-hybridized carbons (Fsp3) is 0.368. The van der Waals surface area contributed by atoms with Gasteiger partial charge in [0.2, 0.25) is 0 Å². The molecule has 1 atom stereocenters. The Morgan fingerprint density at radius 3 is 2.84 bits per heavy atom. The second kappa shape index (κ2) is 7.88. The van der Waals surface area contributed by atoms with Gasteiger partial charge in [0.15, 0.2) is 11.7 Å². The summed E-state index contributed by atoms with van der Waals surface area (Å²) in [5, 5.41) is 2.79. The van der Waals surface area contributed by atoms with E-state index < -0.39 is 0 Å². The van der Waals surface area contributed by atoms with Crippen molar-refractivity contribution in [2.75, 3.05) is 18.4 Å². The number of rotatable bonds is 4. The quantitative estimate of drug-likeness (QED) is 0.662. The van der Waals surface area contributed by atoms with Crippen molar-refractivity contribution >= 4 is 17.6 Å². The number of likely N-dealkylation sites (tertiary alicyclic amines) is 1. The molecule has 2 heterocycles. The Labute approximate surface area is 147 Å². The molecule has 25 heavy (non-hydrogen) atoms. The van der Waals surface area contributed by atoms with Gasteiger partial charge in [-0.25, -0.2) is 4.99 Å². The van der Waals surface area contributed by atoms with Gasteiger partial charge in [-0.1, -0.05) is 19.1 Å². The van der Waals surface area contributed by atoms with Crippen molar-refractivity contribution in [2.45, 2.75) is 26.3 Å². The lowest BCUT2D eigenvalue weighted by atomic mass is 10.0. The van der Waals surface area contributed by atoms with Crippen LogP contribution in [0.1, 0.15) is 35.9 Å². The smallest absolute Gasteiger partial charge is 0.291 e. The number of piperidine rings is 1. The fourth-order valence-corrected chi connectivity index (χ4v) is 2.96. The van der Waals surface area contributed by atoms with Gasteiger partial charge in [0, 0.05) is 18.8 Å². The number of carbonyl (C=O) groups excluding carboxylic acids is 1. The molecule has 2 aromatic rings. The summed E-state index contributed by atoms with van der Waals surface area (Å²) in [5.74, 6) is 1.30. The molecule has 1 amide bonds. The Morgan fingerprint density at radius 2 is 2.16 bits per heavy atom. The Kier molecular flexibility index (Phi) is 5.38. The van der Waals surface area contributed by atoms with Gasteiger partial charge in [0.25, 0.3) is 5.91 Å². The lowest BCUT2D eigenvalue weighted by molar-refractivity contribution is 0.0996. The molecule has 0 radical (unpaired) electrons.